The van der Waals surface area contributed by atoms with Crippen molar-refractivity contribution in [2.75, 3.05) is 19.0 Å². The Morgan fingerprint density at radius 1 is 1.35 bits per heavy atom. The Hall–Kier alpha value is -1.02. The molecule has 17 heavy (non-hydrogen) atoms. The van der Waals surface area contributed by atoms with Gasteiger partial charge >= 0.3 is 0 Å². The van der Waals surface area contributed by atoms with Crippen molar-refractivity contribution in [2.45, 2.75) is 33.8 Å². The predicted molar refractivity (Wildman–Crippen MR) is 72.3 cm³/mol. The molecule has 0 radical (unpaired) electrons. The van der Waals surface area contributed by atoms with Gasteiger partial charge in [-0.1, -0.05) is 39.0 Å². The molecule has 0 fully saturated rings. The van der Waals surface area contributed by atoms with Gasteiger partial charge in [0.1, 0.15) is 0 Å². The van der Waals surface area contributed by atoms with E-state index < -0.39 is 0 Å². The number of fused-ring (bicyclic) bond motifs is 1. The zero-order chi connectivity index (χ0) is 12.5. The van der Waals surface area contributed by atoms with Crippen molar-refractivity contribution in [3.8, 4) is 0 Å². The van der Waals surface area contributed by atoms with E-state index in [9.17, 15) is 0 Å². The average molecular weight is 233 g/mol. The molecule has 0 bridgehead atoms. The van der Waals surface area contributed by atoms with Crippen LogP contribution in [0.15, 0.2) is 18.2 Å². The molecule has 0 spiro atoms. The third-order valence-corrected chi connectivity index (χ3v) is 3.75. The topological polar surface area (TPSA) is 21.3 Å². The first-order valence-corrected chi connectivity index (χ1v) is 6.36. The summed E-state index contributed by atoms with van der Waals surface area (Å²) in [7, 11) is 1.75. The van der Waals surface area contributed by atoms with E-state index in [0.29, 0.717) is 17.9 Å². The van der Waals surface area contributed by atoms with Crippen LogP contribution in [-0.2, 0) is 17.8 Å². The summed E-state index contributed by atoms with van der Waals surface area (Å²) in [6.07, 6.45) is 1.17. The maximum Gasteiger partial charge on any atom is 0.0733 e. The number of rotatable bonds is 2. The van der Waals surface area contributed by atoms with E-state index >= 15 is 0 Å². The lowest BCUT2D eigenvalue weighted by Crippen LogP contribution is -2.33. The lowest BCUT2D eigenvalue weighted by atomic mass is 9.75. The summed E-state index contributed by atoms with van der Waals surface area (Å²) in [5, 5.41) is 3.59. The van der Waals surface area contributed by atoms with Gasteiger partial charge in [0, 0.05) is 24.9 Å². The number of hydrogen-bond donors (Lipinski definition) is 1. The van der Waals surface area contributed by atoms with Crippen LogP contribution >= 0.6 is 0 Å². The van der Waals surface area contributed by atoms with E-state index in [0.717, 1.165) is 6.54 Å². The average Bonchev–Trinajstić information content (AvgIpc) is 2.28. The molecule has 1 aliphatic heterocycles. The fourth-order valence-corrected chi connectivity index (χ4v) is 2.50. The van der Waals surface area contributed by atoms with Crippen LogP contribution in [0.1, 0.15) is 31.9 Å². The first-order chi connectivity index (χ1) is 8.02. The highest BCUT2D eigenvalue weighted by molar-refractivity contribution is 5.59. The first kappa shape index (κ1) is 12.4. The van der Waals surface area contributed by atoms with E-state index in [1.54, 1.807) is 7.11 Å². The summed E-state index contributed by atoms with van der Waals surface area (Å²) >= 11 is 0. The van der Waals surface area contributed by atoms with Gasteiger partial charge in [0.25, 0.3) is 0 Å². The van der Waals surface area contributed by atoms with Crippen molar-refractivity contribution in [2.24, 2.45) is 11.3 Å². The van der Waals surface area contributed by atoms with Crippen LogP contribution in [0.5, 0.6) is 0 Å². The van der Waals surface area contributed by atoms with E-state index in [2.05, 4.69) is 44.3 Å². The molecule has 2 heteroatoms. The molecular formula is C15H23NO. The van der Waals surface area contributed by atoms with Gasteiger partial charge in [0.2, 0.25) is 0 Å². The zero-order valence-corrected chi connectivity index (χ0v) is 11.3. The van der Waals surface area contributed by atoms with Gasteiger partial charge in [0.05, 0.1) is 6.61 Å². The summed E-state index contributed by atoms with van der Waals surface area (Å²) in [5.41, 5.74) is 4.38. The Morgan fingerprint density at radius 3 is 2.76 bits per heavy atom. The van der Waals surface area contributed by atoms with Gasteiger partial charge in [0.15, 0.2) is 0 Å². The number of nitrogens with one attached hydrogen (secondary N) is 1. The second kappa shape index (κ2) is 4.69. The molecule has 1 heterocycles. The minimum absolute atomic E-state index is 0.363. The molecule has 1 aromatic rings. The zero-order valence-electron chi connectivity index (χ0n) is 11.3. The van der Waals surface area contributed by atoms with Crippen molar-refractivity contribution >= 4 is 5.69 Å². The molecule has 2 nitrogen and oxygen atoms in total. The number of benzene rings is 1. The summed E-state index contributed by atoms with van der Waals surface area (Å²) in [5.74, 6) is 0.702. The van der Waals surface area contributed by atoms with E-state index in [-0.39, 0.29) is 0 Å². The molecule has 2 rings (SSSR count). The Balaban J connectivity index is 2.25. The Morgan fingerprint density at radius 2 is 2.12 bits per heavy atom. The normalized spacial score (nSPS) is 19.6. The first-order valence-electron chi connectivity index (χ1n) is 6.36. The Bertz CT molecular complexity index is 392. The molecule has 94 valence electrons. The number of anilines is 1. The van der Waals surface area contributed by atoms with Gasteiger partial charge < -0.3 is 10.1 Å². The van der Waals surface area contributed by atoms with Crippen LogP contribution < -0.4 is 5.32 Å². The molecule has 1 aliphatic rings. The second-order valence-electron chi connectivity index (χ2n) is 6.03. The summed E-state index contributed by atoms with van der Waals surface area (Å²) in [4.78, 5) is 0. The van der Waals surface area contributed by atoms with Crippen molar-refractivity contribution in [3.63, 3.8) is 0 Å². The van der Waals surface area contributed by atoms with Crippen molar-refractivity contribution in [1.82, 2.24) is 0 Å². The third kappa shape index (κ3) is 2.63. The smallest absolute Gasteiger partial charge is 0.0733 e. The summed E-state index contributed by atoms with van der Waals surface area (Å²) in [6, 6.07) is 6.52. The SMILES string of the molecule is COCc1cccc2c1NCC(C(C)(C)C)C2. The van der Waals surface area contributed by atoms with Crippen molar-refractivity contribution in [3.05, 3.63) is 29.3 Å². The highest BCUT2D eigenvalue weighted by atomic mass is 16.5. The van der Waals surface area contributed by atoms with Crippen molar-refractivity contribution in [1.29, 1.82) is 0 Å². The fourth-order valence-electron chi connectivity index (χ4n) is 2.50. The van der Waals surface area contributed by atoms with E-state index in [1.807, 2.05) is 0 Å². The highest BCUT2D eigenvalue weighted by Gasteiger charge is 2.29. The Kier molecular flexibility index (Phi) is 3.43. The van der Waals surface area contributed by atoms with Crippen LogP contribution in [0.25, 0.3) is 0 Å². The van der Waals surface area contributed by atoms with Gasteiger partial charge in [-0.05, 0) is 23.3 Å². The van der Waals surface area contributed by atoms with Crippen LogP contribution in [-0.4, -0.2) is 13.7 Å². The molecular weight excluding hydrogens is 210 g/mol. The number of ether oxygens (including phenoxy) is 1. The predicted octanol–water partition coefficient (Wildman–Crippen LogP) is 3.46. The largest absolute Gasteiger partial charge is 0.384 e. The molecule has 1 unspecified atom stereocenters. The Labute approximate surface area is 104 Å². The van der Waals surface area contributed by atoms with Crippen LogP contribution in [0.3, 0.4) is 0 Å². The maximum atomic E-state index is 5.25. The molecule has 0 saturated heterocycles. The van der Waals surface area contributed by atoms with Crippen LogP contribution in [0.4, 0.5) is 5.69 Å². The molecule has 1 atom stereocenters. The number of para-hydroxylation sites is 1. The minimum atomic E-state index is 0.363. The fraction of sp³-hybridized carbons (Fsp3) is 0.600. The van der Waals surface area contributed by atoms with Gasteiger partial charge in [-0.25, -0.2) is 0 Å². The molecule has 0 amide bonds. The van der Waals surface area contributed by atoms with Crippen LogP contribution in [0.2, 0.25) is 0 Å². The van der Waals surface area contributed by atoms with Gasteiger partial charge in [-0.2, -0.15) is 0 Å². The van der Waals surface area contributed by atoms with Crippen molar-refractivity contribution < 1.29 is 4.74 Å². The molecule has 1 N–H and O–H groups in total. The molecule has 0 aromatic heterocycles. The quantitative estimate of drug-likeness (QED) is 0.844. The minimum Gasteiger partial charge on any atom is -0.384 e. The van der Waals surface area contributed by atoms with E-state index in [4.69, 9.17) is 4.74 Å². The maximum absolute atomic E-state index is 5.25. The van der Waals surface area contributed by atoms with E-state index in [1.165, 1.54) is 23.2 Å². The molecule has 0 saturated carbocycles. The highest BCUT2D eigenvalue weighted by Crippen LogP contribution is 2.36. The lowest BCUT2D eigenvalue weighted by molar-refractivity contribution is 0.185. The number of methoxy groups -OCH3 is 1. The monoisotopic (exact) mass is 233 g/mol. The third-order valence-electron chi connectivity index (χ3n) is 3.75. The standard InChI is InChI=1S/C15H23NO/c1-15(2,3)13-8-11-6-5-7-12(10-17-4)14(11)16-9-13/h5-7,13,16H,8-10H2,1-4H3. The number of hydrogen-bond acceptors (Lipinski definition) is 2. The van der Waals surface area contributed by atoms with Gasteiger partial charge in [-0.15, -0.1) is 0 Å². The molecule has 0 aliphatic carbocycles. The summed E-state index contributed by atoms with van der Waals surface area (Å²) in [6.45, 7) is 8.73. The molecule has 1 aromatic carbocycles. The lowest BCUT2D eigenvalue weighted by Gasteiger charge is -2.36. The van der Waals surface area contributed by atoms with Crippen LogP contribution in [0, 0.1) is 11.3 Å². The van der Waals surface area contributed by atoms with Gasteiger partial charge in [-0.3, -0.25) is 0 Å². The summed E-state index contributed by atoms with van der Waals surface area (Å²) < 4.78 is 5.25. The second-order valence-corrected chi connectivity index (χ2v) is 6.03.